The van der Waals surface area contributed by atoms with Gasteiger partial charge in [-0.1, -0.05) is 35.9 Å². The summed E-state index contributed by atoms with van der Waals surface area (Å²) in [6.45, 7) is 1.19. The molecule has 1 unspecified atom stereocenters. The number of imide groups is 1. The molecule has 0 saturated carbocycles. The van der Waals surface area contributed by atoms with E-state index in [-0.39, 0.29) is 25.5 Å². The molecule has 0 fully saturated rings. The highest BCUT2D eigenvalue weighted by molar-refractivity contribution is 6.30. The standard InChI is InChI=1S/C21H19ClN2O5/c1-13(25)23-18(14-6-8-15(22)9-7-14)12-19(26)29-11-10-24-20(27)16-4-2-3-5-17(16)21(24)28/h2-9,18H,10-12H2,1H3,(H,23,25). The minimum Gasteiger partial charge on any atom is -0.464 e. The topological polar surface area (TPSA) is 92.8 Å². The van der Waals surface area contributed by atoms with Gasteiger partial charge in [-0.3, -0.25) is 24.1 Å². The van der Waals surface area contributed by atoms with Gasteiger partial charge in [0.25, 0.3) is 11.8 Å². The van der Waals surface area contributed by atoms with Crippen molar-refractivity contribution in [2.24, 2.45) is 0 Å². The molecule has 0 saturated heterocycles. The van der Waals surface area contributed by atoms with Crippen LogP contribution in [0.2, 0.25) is 5.02 Å². The number of hydrogen-bond donors (Lipinski definition) is 1. The number of hydrogen-bond acceptors (Lipinski definition) is 5. The summed E-state index contributed by atoms with van der Waals surface area (Å²) in [4.78, 5) is 49.4. The molecule has 8 heteroatoms. The van der Waals surface area contributed by atoms with E-state index in [2.05, 4.69) is 5.32 Å². The fraction of sp³-hybridized carbons (Fsp3) is 0.238. The van der Waals surface area contributed by atoms with Gasteiger partial charge in [0, 0.05) is 11.9 Å². The molecule has 1 heterocycles. The van der Waals surface area contributed by atoms with E-state index in [0.717, 1.165) is 4.90 Å². The Morgan fingerprint density at radius 1 is 1.03 bits per heavy atom. The van der Waals surface area contributed by atoms with Gasteiger partial charge < -0.3 is 10.1 Å². The molecule has 1 atom stereocenters. The Bertz CT molecular complexity index is 923. The summed E-state index contributed by atoms with van der Waals surface area (Å²) in [5.41, 5.74) is 1.40. The second-order valence-electron chi connectivity index (χ2n) is 6.54. The average Bonchev–Trinajstić information content (AvgIpc) is 2.93. The van der Waals surface area contributed by atoms with Crippen LogP contribution in [0.5, 0.6) is 0 Å². The number of benzene rings is 2. The van der Waals surface area contributed by atoms with Gasteiger partial charge >= 0.3 is 5.97 Å². The van der Waals surface area contributed by atoms with Crippen LogP contribution in [0.4, 0.5) is 0 Å². The molecular formula is C21H19ClN2O5. The summed E-state index contributed by atoms with van der Waals surface area (Å²) < 4.78 is 5.19. The minimum atomic E-state index is -0.573. The molecular weight excluding hydrogens is 396 g/mol. The molecule has 7 nitrogen and oxygen atoms in total. The van der Waals surface area contributed by atoms with Crippen molar-refractivity contribution in [2.45, 2.75) is 19.4 Å². The Morgan fingerprint density at radius 2 is 1.62 bits per heavy atom. The Labute approximate surface area is 172 Å². The predicted molar refractivity (Wildman–Crippen MR) is 105 cm³/mol. The van der Waals surface area contributed by atoms with Crippen LogP contribution in [-0.4, -0.2) is 41.7 Å². The van der Waals surface area contributed by atoms with Gasteiger partial charge in [0.2, 0.25) is 5.91 Å². The van der Waals surface area contributed by atoms with Crippen LogP contribution in [0.25, 0.3) is 0 Å². The fourth-order valence-corrected chi connectivity index (χ4v) is 3.24. The zero-order valence-corrected chi connectivity index (χ0v) is 16.4. The number of ether oxygens (including phenoxy) is 1. The van der Waals surface area contributed by atoms with Crippen molar-refractivity contribution >= 4 is 35.3 Å². The molecule has 0 radical (unpaired) electrons. The van der Waals surface area contributed by atoms with Crippen molar-refractivity contribution in [3.63, 3.8) is 0 Å². The average molecular weight is 415 g/mol. The number of esters is 1. The van der Waals surface area contributed by atoms with Crippen molar-refractivity contribution in [1.82, 2.24) is 10.2 Å². The van der Waals surface area contributed by atoms with E-state index in [9.17, 15) is 19.2 Å². The number of amides is 3. The van der Waals surface area contributed by atoms with Crippen molar-refractivity contribution in [3.05, 3.63) is 70.2 Å². The van der Waals surface area contributed by atoms with Crippen molar-refractivity contribution in [1.29, 1.82) is 0 Å². The number of rotatable bonds is 7. The van der Waals surface area contributed by atoms with E-state index in [1.54, 1.807) is 48.5 Å². The summed E-state index contributed by atoms with van der Waals surface area (Å²) in [5.74, 6) is -1.66. The minimum absolute atomic E-state index is 0.0379. The van der Waals surface area contributed by atoms with E-state index in [4.69, 9.17) is 16.3 Å². The molecule has 0 bridgehead atoms. The van der Waals surface area contributed by atoms with E-state index in [1.807, 2.05) is 0 Å². The van der Waals surface area contributed by atoms with Crippen LogP contribution in [0.15, 0.2) is 48.5 Å². The van der Waals surface area contributed by atoms with Gasteiger partial charge in [0.05, 0.1) is 30.1 Å². The van der Waals surface area contributed by atoms with Gasteiger partial charge in [-0.05, 0) is 29.8 Å². The zero-order valence-electron chi connectivity index (χ0n) is 15.7. The summed E-state index contributed by atoms with van der Waals surface area (Å²) in [6.07, 6.45) is -0.0939. The van der Waals surface area contributed by atoms with Gasteiger partial charge in [-0.15, -0.1) is 0 Å². The molecule has 0 aromatic heterocycles. The number of fused-ring (bicyclic) bond motifs is 1. The summed E-state index contributed by atoms with van der Waals surface area (Å²) in [6, 6.07) is 12.7. The van der Waals surface area contributed by atoms with Crippen molar-refractivity contribution < 1.29 is 23.9 Å². The lowest BCUT2D eigenvalue weighted by Gasteiger charge is -2.18. The third kappa shape index (κ3) is 4.81. The van der Waals surface area contributed by atoms with Crippen LogP contribution < -0.4 is 5.32 Å². The maximum absolute atomic E-state index is 12.3. The lowest BCUT2D eigenvalue weighted by molar-refractivity contribution is -0.144. The van der Waals surface area contributed by atoms with Gasteiger partial charge in [0.1, 0.15) is 6.61 Å². The first-order valence-corrected chi connectivity index (χ1v) is 9.38. The van der Waals surface area contributed by atoms with E-state index < -0.39 is 23.8 Å². The largest absolute Gasteiger partial charge is 0.464 e. The summed E-state index contributed by atoms with van der Waals surface area (Å²) >= 11 is 5.88. The molecule has 2 aromatic carbocycles. The smallest absolute Gasteiger partial charge is 0.308 e. The maximum Gasteiger partial charge on any atom is 0.308 e. The molecule has 2 aromatic rings. The zero-order chi connectivity index (χ0) is 21.0. The van der Waals surface area contributed by atoms with Crippen LogP contribution in [0.3, 0.4) is 0 Å². The highest BCUT2D eigenvalue weighted by Crippen LogP contribution is 2.22. The fourth-order valence-electron chi connectivity index (χ4n) is 3.11. The molecule has 1 aliphatic heterocycles. The first-order valence-electron chi connectivity index (χ1n) is 9.00. The van der Waals surface area contributed by atoms with Crippen molar-refractivity contribution in [2.75, 3.05) is 13.2 Å². The second kappa shape index (κ2) is 8.87. The van der Waals surface area contributed by atoms with Crippen molar-refractivity contribution in [3.8, 4) is 0 Å². The molecule has 29 heavy (non-hydrogen) atoms. The van der Waals surface area contributed by atoms with Crippen LogP contribution in [0, 0.1) is 0 Å². The normalized spacial score (nSPS) is 13.8. The Balaban J connectivity index is 1.56. The highest BCUT2D eigenvalue weighted by Gasteiger charge is 2.34. The molecule has 3 rings (SSSR count). The number of nitrogens with zero attached hydrogens (tertiary/aromatic N) is 1. The molecule has 0 spiro atoms. The second-order valence-corrected chi connectivity index (χ2v) is 6.97. The lowest BCUT2D eigenvalue weighted by Crippen LogP contribution is -2.34. The number of halogens is 1. The van der Waals surface area contributed by atoms with E-state index in [0.29, 0.717) is 21.7 Å². The third-order valence-electron chi connectivity index (χ3n) is 4.48. The molecule has 1 N–H and O–H groups in total. The molecule has 1 aliphatic rings. The summed E-state index contributed by atoms with van der Waals surface area (Å²) in [5, 5.41) is 3.24. The van der Waals surface area contributed by atoms with E-state index in [1.165, 1.54) is 6.92 Å². The monoisotopic (exact) mass is 414 g/mol. The number of carbonyl (C=O) groups excluding carboxylic acids is 4. The lowest BCUT2D eigenvalue weighted by atomic mass is 10.0. The Hall–Kier alpha value is -3.19. The first-order chi connectivity index (χ1) is 13.9. The van der Waals surface area contributed by atoms with E-state index >= 15 is 0 Å². The Morgan fingerprint density at radius 3 is 2.17 bits per heavy atom. The van der Waals surface area contributed by atoms with Crippen LogP contribution in [-0.2, 0) is 14.3 Å². The number of carbonyl (C=O) groups is 4. The third-order valence-corrected chi connectivity index (χ3v) is 4.73. The highest BCUT2D eigenvalue weighted by atomic mass is 35.5. The summed E-state index contributed by atoms with van der Waals surface area (Å²) in [7, 11) is 0. The van der Waals surface area contributed by atoms with Gasteiger partial charge in [-0.25, -0.2) is 0 Å². The molecule has 3 amide bonds. The Kier molecular flexibility index (Phi) is 6.29. The van der Waals surface area contributed by atoms with Gasteiger partial charge in [0.15, 0.2) is 0 Å². The van der Waals surface area contributed by atoms with Crippen LogP contribution in [0.1, 0.15) is 45.7 Å². The molecule has 150 valence electrons. The van der Waals surface area contributed by atoms with Gasteiger partial charge in [-0.2, -0.15) is 0 Å². The first kappa shape index (κ1) is 20.5. The predicted octanol–water partition coefficient (Wildman–Crippen LogP) is 2.75. The number of nitrogens with one attached hydrogen (secondary N) is 1. The maximum atomic E-state index is 12.3. The SMILES string of the molecule is CC(=O)NC(CC(=O)OCCN1C(=O)c2ccccc2C1=O)c1ccc(Cl)cc1. The quantitative estimate of drug-likeness (QED) is 0.555. The van der Waals surface area contributed by atoms with Crippen LogP contribution >= 0.6 is 11.6 Å². The molecule has 0 aliphatic carbocycles.